The number of aromatic nitrogens is 2. The second-order valence-electron chi connectivity index (χ2n) is 12.0. The molecule has 0 bridgehead atoms. The highest BCUT2D eigenvalue weighted by Crippen LogP contribution is 2.41. The number of amides is 1. The predicted octanol–water partition coefficient (Wildman–Crippen LogP) is 5.89. The number of rotatable bonds is 9. The van der Waals surface area contributed by atoms with Gasteiger partial charge in [-0.05, 0) is 56.0 Å². The van der Waals surface area contributed by atoms with Gasteiger partial charge in [0, 0.05) is 55.8 Å². The Morgan fingerprint density at radius 1 is 1.11 bits per heavy atom. The van der Waals surface area contributed by atoms with Gasteiger partial charge in [0.1, 0.15) is 17.9 Å². The molecule has 1 amide bonds. The van der Waals surface area contributed by atoms with Gasteiger partial charge in [0.2, 0.25) is 5.91 Å². The Balaban J connectivity index is 1.24. The average molecular weight is 648 g/mol. The number of piperidine rings is 1. The van der Waals surface area contributed by atoms with Crippen molar-refractivity contribution in [1.82, 2.24) is 14.9 Å². The molecule has 3 aliphatic rings. The summed E-state index contributed by atoms with van der Waals surface area (Å²) in [5, 5.41) is 8.94. The molecule has 0 spiro atoms. The van der Waals surface area contributed by atoms with Crippen LogP contribution in [0.2, 0.25) is 5.02 Å². The van der Waals surface area contributed by atoms with Gasteiger partial charge >= 0.3 is 0 Å². The normalized spacial score (nSPS) is 20.9. The van der Waals surface area contributed by atoms with Crippen LogP contribution in [0.25, 0.3) is 0 Å². The van der Waals surface area contributed by atoms with Crippen LogP contribution in [0.3, 0.4) is 0 Å². The number of methoxy groups -OCH3 is 1. The number of hydrogen-bond donors (Lipinski definition) is 2. The van der Waals surface area contributed by atoms with Gasteiger partial charge in [0.05, 0.1) is 49.5 Å². The maximum Gasteiger partial charge on any atom is 0.247 e. The fourth-order valence-corrected chi connectivity index (χ4v) is 6.85. The number of nitrogens with one attached hydrogen (secondary N) is 2. The van der Waals surface area contributed by atoms with E-state index >= 15 is 0 Å². The first kappa shape index (κ1) is 32.1. The Morgan fingerprint density at radius 2 is 1.93 bits per heavy atom. The van der Waals surface area contributed by atoms with Crippen LogP contribution in [0.5, 0.6) is 5.75 Å². The van der Waals surface area contributed by atoms with Gasteiger partial charge in [-0.25, -0.2) is 15.0 Å². The lowest BCUT2D eigenvalue weighted by molar-refractivity contribution is -0.111. The third-order valence-electron chi connectivity index (χ3n) is 9.07. The Hall–Kier alpha value is -3.90. The highest BCUT2D eigenvalue weighted by atomic mass is 35.5. The molecule has 0 saturated carbocycles. The first-order chi connectivity index (χ1) is 22.3. The molecule has 12 heteroatoms. The Bertz CT molecular complexity index is 1560. The highest BCUT2D eigenvalue weighted by Gasteiger charge is 2.32. The topological polar surface area (TPSA) is 104 Å². The second-order valence-corrected chi connectivity index (χ2v) is 12.4. The molecule has 0 radical (unpaired) electrons. The molecule has 244 valence electrons. The van der Waals surface area contributed by atoms with Gasteiger partial charge < -0.3 is 25.0 Å². The van der Waals surface area contributed by atoms with Crippen molar-refractivity contribution in [3.05, 3.63) is 71.5 Å². The summed E-state index contributed by atoms with van der Waals surface area (Å²) < 4.78 is 11.6. The number of anilines is 5. The quantitative estimate of drug-likeness (QED) is 0.273. The molecule has 2 aromatic carbocycles. The van der Waals surface area contributed by atoms with Crippen LogP contribution in [0.4, 0.5) is 28.7 Å². The smallest absolute Gasteiger partial charge is 0.247 e. The summed E-state index contributed by atoms with van der Waals surface area (Å²) in [6.45, 7) is 12.8. The zero-order valence-electron chi connectivity index (χ0n) is 26.7. The van der Waals surface area contributed by atoms with Crippen LogP contribution in [0.15, 0.2) is 55.4 Å². The first-order valence-electron chi connectivity index (χ1n) is 15.9. The van der Waals surface area contributed by atoms with E-state index in [2.05, 4.69) is 50.0 Å². The third kappa shape index (κ3) is 6.92. The Morgan fingerprint density at radius 3 is 2.70 bits per heavy atom. The summed E-state index contributed by atoms with van der Waals surface area (Å²) in [5.74, 6) is 1.51. The zero-order valence-corrected chi connectivity index (χ0v) is 27.4. The number of nitrogens with zero attached hydrogens (tertiary/aromatic N) is 5. The molecule has 3 aromatic rings. The number of ether oxygens (including phenoxy) is 2. The number of carbonyl (C=O) groups excluding carboxylic acids is 1. The van der Waals surface area contributed by atoms with Crippen LogP contribution in [-0.2, 0) is 14.4 Å². The van der Waals surface area contributed by atoms with Crippen molar-refractivity contribution in [2.45, 2.75) is 51.3 Å². The van der Waals surface area contributed by atoms with Crippen molar-refractivity contribution in [3.8, 4) is 5.75 Å². The fourth-order valence-electron chi connectivity index (χ4n) is 6.67. The first-order valence-corrected chi connectivity index (χ1v) is 16.2. The van der Waals surface area contributed by atoms with Crippen LogP contribution in [-0.4, -0.2) is 79.4 Å². The van der Waals surface area contributed by atoms with E-state index in [1.807, 2.05) is 42.3 Å². The molecule has 3 fully saturated rings. The van der Waals surface area contributed by atoms with Gasteiger partial charge in [-0.1, -0.05) is 30.3 Å². The molecular weight excluding hydrogens is 606 g/mol. The molecule has 0 unspecified atom stereocenters. The van der Waals surface area contributed by atoms with Gasteiger partial charge in [-0.2, -0.15) is 0 Å². The number of halogens is 1. The molecule has 2 atom stereocenters. The molecule has 3 saturated heterocycles. The minimum atomic E-state index is -0.285. The van der Waals surface area contributed by atoms with E-state index in [9.17, 15) is 4.79 Å². The van der Waals surface area contributed by atoms with E-state index in [0.29, 0.717) is 41.4 Å². The number of hydrogen-bond acceptors (Lipinski definition) is 10. The molecule has 1 aromatic heterocycles. The standard InChI is InChI=1S/C34H42ClN7O4/c1-5-34(43)39-27-17-28(31(44-4)18-30(27)40-12-9-24(10-13-40)41-14-16-45-22(2)20-41)38-32-19-33(37-21-36-32)42-29(11-15-46-42)25-7-6-8-26(35)23(25)3/h5-8,17-19,21-22,24,29H,1,9-16,20H2,2-4H3,(H,39,43)(H,36,37,38)/t22-,29-/m1/s1. The zero-order chi connectivity index (χ0) is 32.2. The maximum absolute atomic E-state index is 12.5. The second kappa shape index (κ2) is 14.3. The minimum absolute atomic E-state index is 0.0354. The van der Waals surface area contributed by atoms with E-state index in [-0.39, 0.29) is 18.1 Å². The molecule has 6 rings (SSSR count). The Labute approximate surface area is 275 Å². The summed E-state index contributed by atoms with van der Waals surface area (Å²) in [5.41, 5.74) is 4.34. The molecular formula is C34H42ClN7O4. The van der Waals surface area contributed by atoms with Crippen molar-refractivity contribution < 1.29 is 19.1 Å². The molecule has 0 aliphatic carbocycles. The summed E-state index contributed by atoms with van der Waals surface area (Å²) in [6, 6.07) is 12.1. The van der Waals surface area contributed by atoms with Crippen molar-refractivity contribution in [1.29, 1.82) is 0 Å². The van der Waals surface area contributed by atoms with E-state index in [4.69, 9.17) is 25.9 Å². The SMILES string of the molecule is C=CC(=O)Nc1cc(Nc2cc(N3OCC[C@@H]3c3cccc(Cl)c3C)ncn2)c(OC)cc1N1CCC(N2CCO[C@H](C)C2)CC1. The summed E-state index contributed by atoms with van der Waals surface area (Å²) in [6.07, 6.45) is 5.90. The lowest BCUT2D eigenvalue weighted by Crippen LogP contribution is -2.51. The van der Waals surface area contributed by atoms with Crippen LogP contribution in [0.1, 0.15) is 43.4 Å². The van der Waals surface area contributed by atoms with Crippen LogP contribution < -0.4 is 25.3 Å². The maximum atomic E-state index is 12.5. The summed E-state index contributed by atoms with van der Waals surface area (Å²) in [7, 11) is 1.64. The third-order valence-corrected chi connectivity index (χ3v) is 9.48. The molecule has 3 aliphatic heterocycles. The van der Waals surface area contributed by atoms with Crippen molar-refractivity contribution in [3.63, 3.8) is 0 Å². The lowest BCUT2D eigenvalue weighted by atomic mass is 9.99. The van der Waals surface area contributed by atoms with Gasteiger partial charge in [0.25, 0.3) is 0 Å². The number of hydroxylamine groups is 1. The highest BCUT2D eigenvalue weighted by molar-refractivity contribution is 6.31. The number of benzene rings is 2. The average Bonchev–Trinajstić information content (AvgIpc) is 3.56. The molecule has 2 N–H and O–H groups in total. The van der Waals surface area contributed by atoms with Crippen LogP contribution in [0, 0.1) is 6.92 Å². The molecule has 11 nitrogen and oxygen atoms in total. The monoisotopic (exact) mass is 647 g/mol. The van der Waals surface area contributed by atoms with E-state index in [0.717, 1.165) is 73.9 Å². The summed E-state index contributed by atoms with van der Waals surface area (Å²) in [4.78, 5) is 32.5. The number of carbonyl (C=O) groups is 1. The Kier molecular flexibility index (Phi) is 9.93. The number of morpholine rings is 1. The molecule has 4 heterocycles. The van der Waals surface area contributed by atoms with Gasteiger partial charge in [-0.3, -0.25) is 14.5 Å². The fraction of sp³-hybridized carbons (Fsp3) is 0.441. The predicted molar refractivity (Wildman–Crippen MR) is 181 cm³/mol. The molecule has 46 heavy (non-hydrogen) atoms. The summed E-state index contributed by atoms with van der Waals surface area (Å²) >= 11 is 6.44. The van der Waals surface area contributed by atoms with Crippen molar-refractivity contribution >= 4 is 46.2 Å². The van der Waals surface area contributed by atoms with Crippen LogP contribution >= 0.6 is 11.6 Å². The van der Waals surface area contributed by atoms with E-state index < -0.39 is 0 Å². The largest absolute Gasteiger partial charge is 0.494 e. The van der Waals surface area contributed by atoms with Crippen molar-refractivity contribution in [2.24, 2.45) is 0 Å². The lowest BCUT2D eigenvalue weighted by Gasteiger charge is -2.42. The van der Waals surface area contributed by atoms with Crippen molar-refractivity contribution in [2.75, 3.05) is 67.1 Å². The van der Waals surface area contributed by atoms with E-state index in [1.54, 1.807) is 7.11 Å². The van der Waals surface area contributed by atoms with Gasteiger partial charge in [-0.15, -0.1) is 0 Å². The van der Waals surface area contributed by atoms with E-state index in [1.165, 1.54) is 12.4 Å². The van der Waals surface area contributed by atoms with Gasteiger partial charge in [0.15, 0.2) is 5.82 Å². The minimum Gasteiger partial charge on any atom is -0.494 e.